The van der Waals surface area contributed by atoms with E-state index < -0.39 is 0 Å². The van der Waals surface area contributed by atoms with E-state index >= 15 is 0 Å². The third-order valence-corrected chi connectivity index (χ3v) is 8.44. The largest absolute Gasteiger partial charge is 0.0768 e. The molecule has 0 atom stereocenters. The molecule has 114 valence electrons. The molecule has 2 saturated carbocycles. The molecule has 1 heteroatoms. The van der Waals surface area contributed by atoms with Gasteiger partial charge < -0.3 is 0 Å². The fraction of sp³-hybridized carbons (Fsp3) is 0.600. The average molecular weight is 300 g/mol. The summed E-state index contributed by atoms with van der Waals surface area (Å²) >= 11 is 0. The summed E-state index contributed by atoms with van der Waals surface area (Å²) in [5, 5.41) is 0. The van der Waals surface area contributed by atoms with Crippen molar-refractivity contribution in [2.45, 2.75) is 75.5 Å². The molecule has 0 unspecified atom stereocenters. The summed E-state index contributed by atoms with van der Waals surface area (Å²) in [7, 11) is 0.0988. The quantitative estimate of drug-likeness (QED) is 0.536. The summed E-state index contributed by atoms with van der Waals surface area (Å²) < 4.78 is 0. The molecule has 3 rings (SSSR count). The second kappa shape index (κ2) is 8.14. The van der Waals surface area contributed by atoms with E-state index in [0.29, 0.717) is 0 Å². The van der Waals surface area contributed by atoms with Gasteiger partial charge in [0.25, 0.3) is 0 Å². The second-order valence-electron chi connectivity index (χ2n) is 6.76. The van der Waals surface area contributed by atoms with Crippen molar-refractivity contribution >= 4 is 14.0 Å². The predicted octanol–water partition coefficient (Wildman–Crippen LogP) is 6.80. The third-order valence-electron chi connectivity index (χ3n) is 5.23. The molecule has 0 amide bonds. The highest BCUT2D eigenvalue weighted by molar-refractivity contribution is 7.62. The predicted molar refractivity (Wildman–Crippen MR) is 96.1 cm³/mol. The Morgan fingerprint density at radius 3 is 1.76 bits per heavy atom. The first-order valence-electron chi connectivity index (χ1n) is 8.94. The van der Waals surface area contributed by atoms with Crippen LogP contribution in [0.3, 0.4) is 0 Å². The zero-order chi connectivity index (χ0) is 14.3. The van der Waals surface area contributed by atoms with Gasteiger partial charge in [-0.05, 0) is 42.6 Å². The Hall–Kier alpha value is -0.610. The fourth-order valence-corrected chi connectivity index (χ4v) is 7.39. The Kier molecular flexibility index (Phi) is 5.92. The lowest BCUT2D eigenvalue weighted by molar-refractivity contribution is 0.487. The zero-order valence-electron chi connectivity index (χ0n) is 13.2. The van der Waals surface area contributed by atoms with Crippen molar-refractivity contribution in [1.29, 1.82) is 0 Å². The van der Waals surface area contributed by atoms with E-state index in [-0.39, 0.29) is 7.92 Å². The SMILES string of the molecule is C(=C/P(C1CCCCC1)C1CCCCC1)/c1ccccc1. The first-order chi connectivity index (χ1) is 10.4. The van der Waals surface area contributed by atoms with Gasteiger partial charge in [-0.15, -0.1) is 0 Å². The second-order valence-corrected chi connectivity index (χ2v) is 9.41. The van der Waals surface area contributed by atoms with Crippen molar-refractivity contribution in [3.05, 3.63) is 41.7 Å². The molecule has 0 radical (unpaired) electrons. The summed E-state index contributed by atoms with van der Waals surface area (Å²) in [5.41, 5.74) is 3.44. The van der Waals surface area contributed by atoms with Crippen LogP contribution in [-0.4, -0.2) is 11.3 Å². The molecule has 0 spiro atoms. The minimum absolute atomic E-state index is 0.0988. The monoisotopic (exact) mass is 300 g/mol. The molecule has 0 heterocycles. The lowest BCUT2D eigenvalue weighted by Crippen LogP contribution is -2.19. The van der Waals surface area contributed by atoms with Gasteiger partial charge >= 0.3 is 0 Å². The highest BCUT2D eigenvalue weighted by atomic mass is 31.1. The van der Waals surface area contributed by atoms with Crippen LogP contribution in [0.15, 0.2) is 36.1 Å². The van der Waals surface area contributed by atoms with Gasteiger partial charge in [0.2, 0.25) is 0 Å². The number of rotatable bonds is 4. The summed E-state index contributed by atoms with van der Waals surface area (Å²) in [6.45, 7) is 0. The van der Waals surface area contributed by atoms with E-state index in [1.165, 1.54) is 69.8 Å². The normalized spacial score (nSPS) is 22.1. The van der Waals surface area contributed by atoms with Gasteiger partial charge in [-0.1, -0.05) is 88.7 Å². The van der Waals surface area contributed by atoms with Crippen LogP contribution in [0.25, 0.3) is 6.08 Å². The van der Waals surface area contributed by atoms with E-state index in [2.05, 4.69) is 42.2 Å². The van der Waals surface area contributed by atoms with Crippen molar-refractivity contribution in [1.82, 2.24) is 0 Å². The maximum absolute atomic E-state index is 2.65. The van der Waals surface area contributed by atoms with E-state index in [4.69, 9.17) is 0 Å². The van der Waals surface area contributed by atoms with E-state index in [1.807, 2.05) is 0 Å². The molecule has 2 fully saturated rings. The van der Waals surface area contributed by atoms with Crippen molar-refractivity contribution < 1.29 is 0 Å². The molecule has 0 N–H and O–H groups in total. The van der Waals surface area contributed by atoms with Gasteiger partial charge in [0, 0.05) is 0 Å². The average Bonchev–Trinajstić information content (AvgIpc) is 2.58. The van der Waals surface area contributed by atoms with E-state index in [0.717, 1.165) is 11.3 Å². The molecule has 0 nitrogen and oxygen atoms in total. The lowest BCUT2D eigenvalue weighted by atomic mass is 9.99. The molecule has 2 aliphatic carbocycles. The molecule has 0 bridgehead atoms. The highest BCUT2D eigenvalue weighted by Crippen LogP contribution is 2.56. The number of benzene rings is 1. The number of hydrogen-bond donors (Lipinski definition) is 0. The van der Waals surface area contributed by atoms with Crippen LogP contribution in [-0.2, 0) is 0 Å². The minimum Gasteiger partial charge on any atom is -0.0768 e. The standard InChI is InChI=1S/C20H29P/c1-4-10-18(11-5-1)16-17-21(19-12-6-2-7-13-19)20-14-8-3-9-15-20/h1,4-5,10-11,16-17,19-20H,2-3,6-9,12-15H2/b17-16-. The first kappa shape index (κ1) is 15.3. The summed E-state index contributed by atoms with van der Waals surface area (Å²) in [6, 6.07) is 10.9. The Morgan fingerprint density at radius 2 is 1.24 bits per heavy atom. The van der Waals surface area contributed by atoms with Crippen molar-refractivity contribution in [3.63, 3.8) is 0 Å². The molecule has 0 aliphatic heterocycles. The maximum atomic E-state index is 2.65. The van der Waals surface area contributed by atoms with Crippen LogP contribution in [0, 0.1) is 0 Å². The van der Waals surface area contributed by atoms with Gasteiger partial charge in [-0.25, -0.2) is 0 Å². The van der Waals surface area contributed by atoms with Gasteiger partial charge in [0.15, 0.2) is 0 Å². The van der Waals surface area contributed by atoms with Gasteiger partial charge in [0.1, 0.15) is 0 Å². The van der Waals surface area contributed by atoms with Crippen molar-refractivity contribution in [3.8, 4) is 0 Å². The van der Waals surface area contributed by atoms with Crippen LogP contribution in [0.4, 0.5) is 0 Å². The molecule has 1 aromatic carbocycles. The van der Waals surface area contributed by atoms with Crippen molar-refractivity contribution in [2.75, 3.05) is 0 Å². The van der Waals surface area contributed by atoms with Crippen molar-refractivity contribution in [2.24, 2.45) is 0 Å². The Bertz CT molecular complexity index is 406. The van der Waals surface area contributed by atoms with Crippen LogP contribution < -0.4 is 0 Å². The maximum Gasteiger partial charge on any atom is -0.0172 e. The van der Waals surface area contributed by atoms with E-state index in [1.54, 1.807) is 0 Å². The third kappa shape index (κ3) is 4.43. The van der Waals surface area contributed by atoms with Gasteiger partial charge in [0.05, 0.1) is 0 Å². The lowest BCUT2D eigenvalue weighted by Gasteiger charge is -2.36. The summed E-state index contributed by atoms with van der Waals surface area (Å²) in [5.74, 6) is 2.65. The van der Waals surface area contributed by atoms with Crippen LogP contribution in [0.2, 0.25) is 0 Å². The Labute approximate surface area is 131 Å². The van der Waals surface area contributed by atoms with Crippen LogP contribution in [0.1, 0.15) is 69.8 Å². The minimum atomic E-state index is 0.0988. The molecule has 0 saturated heterocycles. The van der Waals surface area contributed by atoms with E-state index in [9.17, 15) is 0 Å². The first-order valence-corrected chi connectivity index (χ1v) is 10.5. The molecular formula is C20H29P. The molecule has 1 aromatic rings. The molecule has 2 aliphatic rings. The molecular weight excluding hydrogens is 271 g/mol. The van der Waals surface area contributed by atoms with Crippen LogP contribution in [0.5, 0.6) is 0 Å². The Morgan fingerprint density at radius 1 is 0.714 bits per heavy atom. The molecule has 21 heavy (non-hydrogen) atoms. The Balaban J connectivity index is 1.72. The smallest absolute Gasteiger partial charge is 0.0172 e. The summed E-state index contributed by atoms with van der Waals surface area (Å²) in [6.07, 6.45) is 17.3. The van der Waals surface area contributed by atoms with Crippen LogP contribution >= 0.6 is 7.92 Å². The number of hydrogen-bond acceptors (Lipinski definition) is 0. The van der Waals surface area contributed by atoms with Gasteiger partial charge in [-0.3, -0.25) is 0 Å². The summed E-state index contributed by atoms with van der Waals surface area (Å²) in [4.78, 5) is 0. The fourth-order valence-electron chi connectivity index (χ4n) is 4.04. The highest BCUT2D eigenvalue weighted by Gasteiger charge is 2.29. The topological polar surface area (TPSA) is 0 Å². The zero-order valence-corrected chi connectivity index (χ0v) is 14.1. The van der Waals surface area contributed by atoms with Gasteiger partial charge in [-0.2, -0.15) is 0 Å². The molecule has 0 aromatic heterocycles.